The van der Waals surface area contributed by atoms with Crippen molar-refractivity contribution in [3.63, 3.8) is 0 Å². The number of rotatable bonds is 6. The van der Waals surface area contributed by atoms with Gasteiger partial charge in [-0.2, -0.15) is 0 Å². The third-order valence-corrected chi connectivity index (χ3v) is 4.11. The van der Waals surface area contributed by atoms with Crippen molar-refractivity contribution >= 4 is 11.6 Å². The van der Waals surface area contributed by atoms with Crippen molar-refractivity contribution < 1.29 is 9.53 Å². The largest absolute Gasteiger partial charge is 0.489 e. The molecule has 0 aromatic heterocycles. The van der Waals surface area contributed by atoms with Gasteiger partial charge in [-0.3, -0.25) is 4.79 Å². The van der Waals surface area contributed by atoms with E-state index in [0.717, 1.165) is 22.6 Å². The van der Waals surface area contributed by atoms with Crippen LogP contribution in [-0.2, 0) is 11.4 Å². The first-order valence-electron chi connectivity index (χ1n) is 8.53. The molecule has 0 bridgehead atoms. The zero-order valence-electron chi connectivity index (χ0n) is 15.3. The smallest absolute Gasteiger partial charge is 0.224 e. The van der Waals surface area contributed by atoms with Crippen LogP contribution in [0.3, 0.4) is 0 Å². The Labute approximate surface area is 145 Å². The van der Waals surface area contributed by atoms with Crippen molar-refractivity contribution in [2.45, 2.75) is 53.6 Å². The van der Waals surface area contributed by atoms with E-state index in [-0.39, 0.29) is 5.91 Å². The minimum Gasteiger partial charge on any atom is -0.489 e. The quantitative estimate of drug-likeness (QED) is 0.777. The molecule has 0 aliphatic rings. The summed E-state index contributed by atoms with van der Waals surface area (Å²) in [6, 6.07) is 12.4. The Hall–Kier alpha value is -2.29. The monoisotopic (exact) mass is 325 g/mol. The van der Waals surface area contributed by atoms with Crippen LogP contribution in [0.15, 0.2) is 36.4 Å². The Kier molecular flexibility index (Phi) is 6.02. The van der Waals surface area contributed by atoms with Gasteiger partial charge in [-0.15, -0.1) is 0 Å². The normalized spacial score (nSPS) is 10.8. The van der Waals surface area contributed by atoms with E-state index in [1.54, 1.807) is 0 Å². The molecule has 1 amide bonds. The van der Waals surface area contributed by atoms with Crippen LogP contribution in [0, 0.1) is 13.8 Å². The first-order chi connectivity index (χ1) is 11.4. The highest BCUT2D eigenvalue weighted by molar-refractivity contribution is 5.91. The van der Waals surface area contributed by atoms with Crippen LogP contribution in [0.5, 0.6) is 5.75 Å². The molecule has 0 heterocycles. The predicted molar refractivity (Wildman–Crippen MR) is 99.7 cm³/mol. The van der Waals surface area contributed by atoms with Gasteiger partial charge < -0.3 is 10.1 Å². The lowest BCUT2D eigenvalue weighted by atomic mass is 10.00. The van der Waals surface area contributed by atoms with Crippen LogP contribution in [-0.4, -0.2) is 5.91 Å². The first kappa shape index (κ1) is 18.1. The summed E-state index contributed by atoms with van der Waals surface area (Å²) < 4.78 is 5.98. The molecule has 0 unspecified atom stereocenters. The molecule has 2 aromatic rings. The molecular formula is C21H27NO2. The number of hydrogen-bond donors (Lipinski definition) is 1. The van der Waals surface area contributed by atoms with Crippen LogP contribution in [0.1, 0.15) is 55.4 Å². The van der Waals surface area contributed by atoms with Crippen LogP contribution >= 0.6 is 0 Å². The third-order valence-electron chi connectivity index (χ3n) is 4.11. The Morgan fingerprint density at radius 2 is 1.88 bits per heavy atom. The number of benzene rings is 2. The first-order valence-corrected chi connectivity index (χ1v) is 8.53. The van der Waals surface area contributed by atoms with Crippen molar-refractivity contribution in [1.82, 2.24) is 0 Å². The number of carbonyl (C=O) groups excluding carboxylic acids is 1. The zero-order valence-corrected chi connectivity index (χ0v) is 15.3. The number of hydrogen-bond acceptors (Lipinski definition) is 2. The fraction of sp³-hybridized carbons (Fsp3) is 0.381. The van der Waals surface area contributed by atoms with Crippen molar-refractivity contribution in [2.75, 3.05) is 5.32 Å². The van der Waals surface area contributed by atoms with E-state index in [1.807, 2.05) is 32.0 Å². The summed E-state index contributed by atoms with van der Waals surface area (Å²) in [5.74, 6) is 1.31. The predicted octanol–water partition coefficient (Wildman–Crippen LogP) is 5.35. The molecule has 128 valence electrons. The zero-order chi connectivity index (χ0) is 17.7. The molecule has 0 spiro atoms. The molecule has 0 atom stereocenters. The van der Waals surface area contributed by atoms with Gasteiger partial charge in [0.15, 0.2) is 0 Å². The molecule has 0 radical (unpaired) electrons. The maximum atomic E-state index is 11.8. The lowest BCUT2D eigenvalue weighted by Gasteiger charge is -2.16. The molecule has 0 fully saturated rings. The van der Waals surface area contributed by atoms with Crippen molar-refractivity contribution in [1.29, 1.82) is 0 Å². The van der Waals surface area contributed by atoms with Gasteiger partial charge in [0.2, 0.25) is 5.91 Å². The van der Waals surface area contributed by atoms with E-state index >= 15 is 0 Å². The van der Waals surface area contributed by atoms with Gasteiger partial charge in [-0.05, 0) is 43.0 Å². The average Bonchev–Trinajstić information content (AvgIpc) is 2.54. The summed E-state index contributed by atoms with van der Waals surface area (Å²) in [7, 11) is 0. The number of anilines is 1. The fourth-order valence-electron chi connectivity index (χ4n) is 2.55. The molecule has 1 N–H and O–H groups in total. The fourth-order valence-corrected chi connectivity index (χ4v) is 2.55. The number of aryl methyl sites for hydroxylation is 2. The molecule has 0 aliphatic heterocycles. The highest BCUT2D eigenvalue weighted by Crippen LogP contribution is 2.26. The highest BCUT2D eigenvalue weighted by atomic mass is 16.5. The third kappa shape index (κ3) is 4.60. The van der Waals surface area contributed by atoms with Gasteiger partial charge in [-0.25, -0.2) is 0 Å². The Morgan fingerprint density at radius 1 is 1.12 bits per heavy atom. The molecule has 2 rings (SSSR count). The van der Waals surface area contributed by atoms with E-state index in [1.165, 1.54) is 11.1 Å². The topological polar surface area (TPSA) is 38.3 Å². The van der Waals surface area contributed by atoms with Gasteiger partial charge >= 0.3 is 0 Å². The van der Waals surface area contributed by atoms with Gasteiger partial charge in [0.1, 0.15) is 12.4 Å². The van der Waals surface area contributed by atoms with E-state index in [0.29, 0.717) is 18.9 Å². The second-order valence-corrected chi connectivity index (χ2v) is 6.53. The second kappa shape index (κ2) is 8.00. The van der Waals surface area contributed by atoms with E-state index in [4.69, 9.17) is 4.74 Å². The Balaban J connectivity index is 2.22. The van der Waals surface area contributed by atoms with Crippen LogP contribution in [0.2, 0.25) is 0 Å². The van der Waals surface area contributed by atoms with Gasteiger partial charge in [0, 0.05) is 17.7 Å². The number of nitrogens with one attached hydrogen (secondary N) is 1. The molecule has 3 nitrogen and oxygen atoms in total. The van der Waals surface area contributed by atoms with Crippen molar-refractivity contribution in [3.8, 4) is 5.75 Å². The number of amides is 1. The minimum absolute atomic E-state index is 0.0173. The minimum atomic E-state index is 0.0173. The maximum absolute atomic E-state index is 11.8. The molecular weight excluding hydrogens is 298 g/mol. The van der Waals surface area contributed by atoms with Gasteiger partial charge in [-0.1, -0.05) is 50.6 Å². The molecule has 0 saturated heterocycles. The number of ether oxygens (including phenoxy) is 1. The molecule has 0 aliphatic carbocycles. The maximum Gasteiger partial charge on any atom is 0.224 e. The Bertz CT molecular complexity index is 720. The lowest BCUT2D eigenvalue weighted by Crippen LogP contribution is -2.13. The summed E-state index contributed by atoms with van der Waals surface area (Å²) in [5.41, 5.74) is 5.38. The average molecular weight is 325 g/mol. The molecule has 2 aromatic carbocycles. The van der Waals surface area contributed by atoms with Crippen LogP contribution in [0.25, 0.3) is 0 Å². The van der Waals surface area contributed by atoms with E-state index in [2.05, 4.69) is 44.3 Å². The van der Waals surface area contributed by atoms with Crippen molar-refractivity contribution in [2.24, 2.45) is 0 Å². The van der Waals surface area contributed by atoms with Gasteiger partial charge in [0.25, 0.3) is 0 Å². The summed E-state index contributed by atoms with van der Waals surface area (Å²) in [4.78, 5) is 11.8. The van der Waals surface area contributed by atoms with Crippen molar-refractivity contribution in [3.05, 3.63) is 58.7 Å². The SMILES string of the molecule is CCC(=O)Nc1cc(C(C)C)ccc1COc1ccc(C)cc1C. The molecule has 3 heteroatoms. The van der Waals surface area contributed by atoms with E-state index in [9.17, 15) is 4.79 Å². The van der Waals surface area contributed by atoms with Gasteiger partial charge in [0.05, 0.1) is 0 Å². The Morgan fingerprint density at radius 3 is 2.50 bits per heavy atom. The summed E-state index contributed by atoms with van der Waals surface area (Å²) in [5, 5.41) is 3.00. The second-order valence-electron chi connectivity index (χ2n) is 6.53. The van der Waals surface area contributed by atoms with Crippen LogP contribution < -0.4 is 10.1 Å². The summed E-state index contributed by atoms with van der Waals surface area (Å²) >= 11 is 0. The van der Waals surface area contributed by atoms with E-state index < -0.39 is 0 Å². The highest BCUT2D eigenvalue weighted by Gasteiger charge is 2.10. The lowest BCUT2D eigenvalue weighted by molar-refractivity contribution is -0.115. The molecule has 24 heavy (non-hydrogen) atoms. The van der Waals surface area contributed by atoms with Crippen LogP contribution in [0.4, 0.5) is 5.69 Å². The summed E-state index contributed by atoms with van der Waals surface area (Å²) in [6.07, 6.45) is 0.462. The number of carbonyl (C=O) groups is 1. The summed E-state index contributed by atoms with van der Waals surface area (Å²) in [6.45, 7) is 10.7. The standard InChI is InChI=1S/C21H27NO2/c1-6-21(23)22-19-12-17(14(2)3)8-9-18(19)13-24-20-10-7-15(4)11-16(20)5/h7-12,14H,6,13H2,1-5H3,(H,22,23). The molecule has 0 saturated carbocycles.